The molecule has 0 saturated carbocycles. The highest BCUT2D eigenvalue weighted by Gasteiger charge is 2.45. The van der Waals surface area contributed by atoms with Crippen LogP contribution >= 0.6 is 0 Å². The van der Waals surface area contributed by atoms with Crippen molar-refractivity contribution >= 4 is 21.5 Å². The second kappa shape index (κ2) is 5.73. The van der Waals surface area contributed by atoms with E-state index in [9.17, 15) is 8.42 Å². The first kappa shape index (κ1) is 16.6. The average Bonchev–Trinajstić information content (AvgIpc) is 3.36. The van der Waals surface area contributed by atoms with Crippen molar-refractivity contribution in [2.75, 3.05) is 31.1 Å². The normalized spacial score (nSPS) is 23.4. The van der Waals surface area contributed by atoms with Crippen molar-refractivity contribution < 1.29 is 12.9 Å². The maximum atomic E-state index is 13.0. The van der Waals surface area contributed by atoms with Gasteiger partial charge in [-0.3, -0.25) is 0 Å². The van der Waals surface area contributed by atoms with Gasteiger partial charge >= 0.3 is 0 Å². The van der Waals surface area contributed by atoms with Crippen LogP contribution in [0.5, 0.6) is 0 Å². The molecule has 2 fully saturated rings. The largest absolute Gasteiger partial charge is 0.360 e. The maximum absolute atomic E-state index is 13.0. The molecule has 0 aliphatic carbocycles. The minimum atomic E-state index is -3.58. The van der Waals surface area contributed by atoms with Gasteiger partial charge in [-0.2, -0.15) is 8.82 Å². The molecular formula is C16H19N7O3S. The number of aryl methyl sites for hydroxylation is 2. The molecule has 2 aliphatic heterocycles. The molecule has 0 radical (unpaired) electrons. The number of hydrogen-bond acceptors (Lipinski definition) is 8. The summed E-state index contributed by atoms with van der Waals surface area (Å²) in [6, 6.07) is 3.82. The molecule has 2 unspecified atom stereocenters. The highest BCUT2D eigenvalue weighted by Crippen LogP contribution is 2.36. The zero-order valence-corrected chi connectivity index (χ0v) is 15.8. The smallest absolute Gasteiger partial charge is 0.248 e. The lowest BCUT2D eigenvalue weighted by Gasteiger charge is -2.22. The number of nitrogens with zero attached hydrogens (tertiary/aromatic N) is 7. The Morgan fingerprint density at radius 1 is 1.11 bits per heavy atom. The topological polar surface area (TPSA) is 110 Å². The Hall–Kier alpha value is -2.53. The van der Waals surface area contributed by atoms with Gasteiger partial charge in [-0.05, 0) is 37.8 Å². The molecule has 0 aromatic carbocycles. The van der Waals surface area contributed by atoms with Crippen LogP contribution in [0.1, 0.15) is 11.5 Å². The number of fused-ring (bicyclic) bond motifs is 2. The molecular weight excluding hydrogens is 370 g/mol. The molecule has 0 amide bonds. The predicted octanol–water partition coefficient (Wildman–Crippen LogP) is 0.486. The van der Waals surface area contributed by atoms with Crippen LogP contribution in [-0.2, 0) is 10.0 Å². The molecule has 2 atom stereocenters. The third-order valence-electron chi connectivity index (χ3n) is 5.49. The molecule has 0 spiro atoms. The van der Waals surface area contributed by atoms with Gasteiger partial charge < -0.3 is 9.42 Å². The highest BCUT2D eigenvalue weighted by molar-refractivity contribution is 7.89. The van der Waals surface area contributed by atoms with Crippen LogP contribution < -0.4 is 4.90 Å². The standard InChI is InChI=1S/C16H19N7O3S/c1-10-16(11(2)26-20-10)27(24,25)22-7-12-5-21(6-13(12)8-22)15-4-3-14-18-17-9-23(14)19-15/h3-4,9,12-13H,5-8H2,1-2H3. The van der Waals surface area contributed by atoms with E-state index in [1.807, 2.05) is 12.1 Å². The first-order valence-electron chi connectivity index (χ1n) is 8.78. The van der Waals surface area contributed by atoms with Gasteiger partial charge in [-0.25, -0.2) is 8.42 Å². The van der Waals surface area contributed by atoms with E-state index in [1.54, 1.807) is 29.0 Å². The monoisotopic (exact) mass is 389 g/mol. The molecule has 5 heterocycles. The first-order valence-corrected chi connectivity index (χ1v) is 10.2. The third kappa shape index (κ3) is 2.52. The number of anilines is 1. The molecule has 0 bridgehead atoms. The van der Waals surface area contributed by atoms with Crippen molar-refractivity contribution in [1.82, 2.24) is 29.3 Å². The molecule has 5 rings (SSSR count). The van der Waals surface area contributed by atoms with Gasteiger partial charge in [0.05, 0.1) is 0 Å². The van der Waals surface area contributed by atoms with Crippen LogP contribution in [0.15, 0.2) is 27.9 Å². The van der Waals surface area contributed by atoms with Crippen molar-refractivity contribution in [2.45, 2.75) is 18.7 Å². The summed E-state index contributed by atoms with van der Waals surface area (Å²) in [5.74, 6) is 1.76. The molecule has 2 aliphatic rings. The lowest BCUT2D eigenvalue weighted by molar-refractivity contribution is 0.389. The van der Waals surface area contributed by atoms with E-state index in [1.165, 1.54) is 0 Å². The molecule has 3 aromatic rings. The summed E-state index contributed by atoms with van der Waals surface area (Å²) in [7, 11) is -3.58. The van der Waals surface area contributed by atoms with Gasteiger partial charge in [-0.1, -0.05) is 5.16 Å². The zero-order chi connectivity index (χ0) is 18.8. The number of sulfonamides is 1. The van der Waals surface area contributed by atoms with Gasteiger partial charge in [-0.15, -0.1) is 15.3 Å². The summed E-state index contributed by atoms with van der Waals surface area (Å²) in [5.41, 5.74) is 1.12. The lowest BCUT2D eigenvalue weighted by atomic mass is 10.0. The molecule has 10 nitrogen and oxygen atoms in total. The second-order valence-corrected chi connectivity index (χ2v) is 9.10. The predicted molar refractivity (Wildman–Crippen MR) is 94.7 cm³/mol. The molecule has 11 heteroatoms. The summed E-state index contributed by atoms with van der Waals surface area (Å²) in [5, 5.41) is 16.1. The Bertz CT molecular complexity index is 1090. The van der Waals surface area contributed by atoms with Crippen molar-refractivity contribution in [1.29, 1.82) is 0 Å². The summed E-state index contributed by atoms with van der Waals surface area (Å²) < 4.78 is 34.3. The van der Waals surface area contributed by atoms with Crippen molar-refractivity contribution in [3.63, 3.8) is 0 Å². The number of aromatic nitrogens is 5. The van der Waals surface area contributed by atoms with Crippen molar-refractivity contribution in [2.24, 2.45) is 11.8 Å². The summed E-state index contributed by atoms with van der Waals surface area (Å²) in [6.07, 6.45) is 1.58. The van der Waals surface area contributed by atoms with Crippen LogP contribution in [0.25, 0.3) is 5.65 Å². The van der Waals surface area contributed by atoms with E-state index >= 15 is 0 Å². The lowest BCUT2D eigenvalue weighted by Crippen LogP contribution is -2.34. The fourth-order valence-electron chi connectivity index (χ4n) is 4.19. The fourth-order valence-corrected chi connectivity index (χ4v) is 6.04. The Morgan fingerprint density at radius 3 is 2.52 bits per heavy atom. The van der Waals surface area contributed by atoms with E-state index in [0.29, 0.717) is 30.2 Å². The fraction of sp³-hybridized carbons (Fsp3) is 0.500. The highest BCUT2D eigenvalue weighted by atomic mass is 32.2. The Balaban J connectivity index is 1.35. The average molecular weight is 389 g/mol. The SMILES string of the molecule is Cc1noc(C)c1S(=O)(=O)N1CC2CN(c3ccc4nncn4n3)CC2C1. The van der Waals surface area contributed by atoms with Crippen molar-refractivity contribution in [3.8, 4) is 0 Å². The number of rotatable bonds is 3. The Labute approximate surface area is 155 Å². The van der Waals surface area contributed by atoms with Crippen LogP contribution in [0.3, 0.4) is 0 Å². The van der Waals surface area contributed by atoms with Gasteiger partial charge in [0.2, 0.25) is 10.0 Å². The van der Waals surface area contributed by atoms with Crippen LogP contribution in [0.2, 0.25) is 0 Å². The summed E-state index contributed by atoms with van der Waals surface area (Å²) in [6.45, 7) is 5.86. The first-order chi connectivity index (χ1) is 12.9. The maximum Gasteiger partial charge on any atom is 0.248 e. The van der Waals surface area contributed by atoms with Gasteiger partial charge in [0.15, 0.2) is 11.4 Å². The van der Waals surface area contributed by atoms with E-state index in [2.05, 4.69) is 25.4 Å². The van der Waals surface area contributed by atoms with Crippen LogP contribution in [0, 0.1) is 25.7 Å². The van der Waals surface area contributed by atoms with Crippen LogP contribution in [0.4, 0.5) is 5.82 Å². The zero-order valence-electron chi connectivity index (χ0n) is 15.0. The quantitative estimate of drug-likeness (QED) is 0.636. The van der Waals surface area contributed by atoms with Crippen molar-refractivity contribution in [3.05, 3.63) is 29.9 Å². The number of hydrogen-bond donors (Lipinski definition) is 0. The second-order valence-electron chi connectivity index (χ2n) is 7.23. The van der Waals surface area contributed by atoms with Gasteiger partial charge in [0.1, 0.15) is 22.7 Å². The molecule has 27 heavy (non-hydrogen) atoms. The molecule has 0 N–H and O–H groups in total. The van der Waals surface area contributed by atoms with E-state index in [0.717, 1.165) is 18.9 Å². The van der Waals surface area contributed by atoms with Crippen LogP contribution in [-0.4, -0.2) is 63.9 Å². The third-order valence-corrected chi connectivity index (χ3v) is 7.57. The molecule has 142 valence electrons. The van der Waals surface area contributed by atoms with Gasteiger partial charge in [0.25, 0.3) is 0 Å². The van der Waals surface area contributed by atoms with E-state index in [-0.39, 0.29) is 16.7 Å². The van der Waals surface area contributed by atoms with E-state index < -0.39 is 10.0 Å². The summed E-state index contributed by atoms with van der Waals surface area (Å²) >= 11 is 0. The summed E-state index contributed by atoms with van der Waals surface area (Å²) in [4.78, 5) is 2.41. The molecule has 3 aromatic heterocycles. The molecule has 2 saturated heterocycles. The van der Waals surface area contributed by atoms with Gasteiger partial charge in [0, 0.05) is 26.2 Å². The van der Waals surface area contributed by atoms with E-state index in [4.69, 9.17) is 4.52 Å². The minimum Gasteiger partial charge on any atom is -0.360 e. The minimum absolute atomic E-state index is 0.207. The Morgan fingerprint density at radius 2 is 1.85 bits per heavy atom. The Kier molecular flexibility index (Phi) is 3.53.